The molecule has 27 heavy (non-hydrogen) atoms. The van der Waals surface area contributed by atoms with Gasteiger partial charge in [-0.05, 0) is 23.8 Å². The van der Waals surface area contributed by atoms with Crippen molar-refractivity contribution in [2.24, 2.45) is 14.1 Å². The standard InChI is InChI=1S/C19H23N3O5/c1-20(11-13-6-8-15(26-4)16(10-13)27-5)17(23)9-7-14-12-21(2)19(25)22(3)18(14)24/h6-10,12H,11H2,1-5H3/b9-7+. The van der Waals surface area contributed by atoms with Gasteiger partial charge in [-0.3, -0.25) is 14.2 Å². The first kappa shape index (κ1) is 20.0. The molecule has 0 aliphatic carbocycles. The van der Waals surface area contributed by atoms with Gasteiger partial charge in [0.25, 0.3) is 5.56 Å². The molecule has 0 bridgehead atoms. The average Bonchev–Trinajstić information content (AvgIpc) is 2.67. The van der Waals surface area contributed by atoms with Crippen molar-refractivity contribution in [1.29, 1.82) is 0 Å². The number of methoxy groups -OCH3 is 2. The predicted octanol–water partition coefficient (Wildman–Crippen LogP) is 0.773. The first-order valence-electron chi connectivity index (χ1n) is 8.19. The molecule has 0 fully saturated rings. The molecule has 0 unspecified atom stereocenters. The molecule has 0 aliphatic heterocycles. The van der Waals surface area contributed by atoms with Crippen molar-refractivity contribution in [3.8, 4) is 11.5 Å². The first-order valence-corrected chi connectivity index (χ1v) is 8.19. The summed E-state index contributed by atoms with van der Waals surface area (Å²) in [6.45, 7) is 0.356. The van der Waals surface area contributed by atoms with Gasteiger partial charge in [0.1, 0.15) is 0 Å². The number of aryl methyl sites for hydroxylation is 1. The van der Waals surface area contributed by atoms with Gasteiger partial charge in [-0.15, -0.1) is 0 Å². The molecule has 1 aromatic heterocycles. The maximum absolute atomic E-state index is 12.4. The lowest BCUT2D eigenvalue weighted by atomic mass is 10.2. The number of ether oxygens (including phenoxy) is 2. The minimum atomic E-state index is -0.454. The van der Waals surface area contributed by atoms with Crippen LogP contribution in [0.1, 0.15) is 11.1 Å². The van der Waals surface area contributed by atoms with Gasteiger partial charge in [0, 0.05) is 40.0 Å². The van der Waals surface area contributed by atoms with Gasteiger partial charge in [-0.25, -0.2) is 4.79 Å². The van der Waals surface area contributed by atoms with Crippen molar-refractivity contribution >= 4 is 12.0 Å². The fraction of sp³-hybridized carbons (Fsp3) is 0.316. The number of nitrogens with zero attached hydrogens (tertiary/aromatic N) is 3. The SMILES string of the molecule is COc1ccc(CN(C)C(=O)/C=C/c2cn(C)c(=O)n(C)c2=O)cc1OC. The lowest BCUT2D eigenvalue weighted by molar-refractivity contribution is -0.125. The zero-order valence-corrected chi connectivity index (χ0v) is 16.1. The van der Waals surface area contributed by atoms with E-state index in [0.29, 0.717) is 18.0 Å². The van der Waals surface area contributed by atoms with E-state index in [2.05, 4.69) is 0 Å². The van der Waals surface area contributed by atoms with Crippen molar-refractivity contribution in [3.05, 3.63) is 62.4 Å². The van der Waals surface area contributed by atoms with Crippen molar-refractivity contribution in [3.63, 3.8) is 0 Å². The molecule has 0 saturated heterocycles. The van der Waals surface area contributed by atoms with E-state index in [4.69, 9.17) is 9.47 Å². The molecule has 2 aromatic rings. The van der Waals surface area contributed by atoms with E-state index in [1.165, 1.54) is 34.9 Å². The first-order chi connectivity index (χ1) is 12.8. The summed E-state index contributed by atoms with van der Waals surface area (Å²) < 4.78 is 12.7. The van der Waals surface area contributed by atoms with E-state index in [0.717, 1.165) is 10.1 Å². The fourth-order valence-corrected chi connectivity index (χ4v) is 2.57. The number of hydrogen-bond acceptors (Lipinski definition) is 5. The zero-order valence-electron chi connectivity index (χ0n) is 16.1. The topological polar surface area (TPSA) is 82.8 Å². The maximum Gasteiger partial charge on any atom is 0.330 e. The van der Waals surface area contributed by atoms with Gasteiger partial charge in [0.15, 0.2) is 11.5 Å². The Balaban J connectivity index is 2.16. The smallest absolute Gasteiger partial charge is 0.330 e. The number of hydrogen-bond donors (Lipinski definition) is 0. The van der Waals surface area contributed by atoms with Crippen molar-refractivity contribution in [2.75, 3.05) is 21.3 Å². The van der Waals surface area contributed by atoms with Crippen LogP contribution in [-0.2, 0) is 25.4 Å². The second-order valence-corrected chi connectivity index (χ2v) is 6.06. The number of rotatable bonds is 6. The summed E-state index contributed by atoms with van der Waals surface area (Å²) in [6.07, 6.45) is 4.12. The molecule has 144 valence electrons. The molecule has 0 atom stereocenters. The highest BCUT2D eigenvalue weighted by molar-refractivity contribution is 5.91. The Morgan fingerprint density at radius 3 is 2.44 bits per heavy atom. The minimum Gasteiger partial charge on any atom is -0.493 e. The van der Waals surface area contributed by atoms with Crippen LogP contribution in [0.5, 0.6) is 11.5 Å². The third-order valence-electron chi connectivity index (χ3n) is 4.12. The molecule has 1 amide bonds. The van der Waals surface area contributed by atoms with E-state index >= 15 is 0 Å². The Morgan fingerprint density at radius 1 is 1.15 bits per heavy atom. The largest absolute Gasteiger partial charge is 0.493 e. The van der Waals surface area contributed by atoms with Gasteiger partial charge in [0.2, 0.25) is 5.91 Å². The monoisotopic (exact) mass is 373 g/mol. The van der Waals surface area contributed by atoms with Gasteiger partial charge in [-0.1, -0.05) is 6.07 Å². The van der Waals surface area contributed by atoms with Gasteiger partial charge in [0.05, 0.1) is 19.8 Å². The summed E-state index contributed by atoms with van der Waals surface area (Å²) in [5.41, 5.74) is 0.251. The average molecular weight is 373 g/mol. The van der Waals surface area contributed by atoms with E-state index in [-0.39, 0.29) is 11.5 Å². The number of benzene rings is 1. The second-order valence-electron chi connectivity index (χ2n) is 6.06. The molecule has 1 aromatic carbocycles. The summed E-state index contributed by atoms with van der Waals surface area (Å²) in [7, 11) is 7.70. The van der Waals surface area contributed by atoms with Crippen molar-refractivity contribution in [2.45, 2.75) is 6.54 Å². The van der Waals surface area contributed by atoms with Crippen LogP contribution < -0.4 is 20.7 Å². The maximum atomic E-state index is 12.4. The van der Waals surface area contributed by atoms with E-state index < -0.39 is 11.2 Å². The fourth-order valence-electron chi connectivity index (χ4n) is 2.57. The molecule has 8 heteroatoms. The van der Waals surface area contributed by atoms with Gasteiger partial charge < -0.3 is 18.9 Å². The number of amides is 1. The highest BCUT2D eigenvalue weighted by Crippen LogP contribution is 2.27. The van der Waals surface area contributed by atoms with Crippen LogP contribution in [0.15, 0.2) is 40.1 Å². The summed E-state index contributed by atoms with van der Waals surface area (Å²) in [5, 5.41) is 0. The Bertz CT molecular complexity index is 988. The molecule has 0 saturated carbocycles. The number of carbonyl (C=O) groups is 1. The van der Waals surface area contributed by atoms with E-state index in [1.807, 2.05) is 6.07 Å². The van der Waals surface area contributed by atoms with Gasteiger partial charge >= 0.3 is 5.69 Å². The zero-order chi connectivity index (χ0) is 20.1. The second kappa shape index (κ2) is 8.39. The Kier molecular flexibility index (Phi) is 6.23. The minimum absolute atomic E-state index is 0.257. The Morgan fingerprint density at radius 2 is 1.81 bits per heavy atom. The van der Waals surface area contributed by atoms with Crippen molar-refractivity contribution in [1.82, 2.24) is 14.0 Å². The summed E-state index contributed by atoms with van der Waals surface area (Å²) in [6, 6.07) is 5.42. The van der Waals surface area contributed by atoms with Gasteiger partial charge in [-0.2, -0.15) is 0 Å². The molecule has 2 rings (SSSR count). The lowest BCUT2D eigenvalue weighted by Crippen LogP contribution is -2.37. The van der Waals surface area contributed by atoms with Crippen LogP contribution in [0.4, 0.5) is 0 Å². The molecule has 0 radical (unpaired) electrons. The third kappa shape index (κ3) is 4.46. The lowest BCUT2D eigenvalue weighted by Gasteiger charge is -2.16. The normalized spacial score (nSPS) is 10.9. The molecular formula is C19H23N3O5. The molecule has 0 spiro atoms. The summed E-state index contributed by atoms with van der Waals surface area (Å²) in [5.74, 6) is 0.918. The van der Waals surface area contributed by atoms with Crippen LogP contribution in [0, 0.1) is 0 Å². The quantitative estimate of drug-likeness (QED) is 0.699. The van der Waals surface area contributed by atoms with Crippen LogP contribution in [0.3, 0.4) is 0 Å². The summed E-state index contributed by atoms with van der Waals surface area (Å²) >= 11 is 0. The number of likely N-dealkylation sites (N-methyl/N-ethyl adjacent to an activating group) is 1. The summed E-state index contributed by atoms with van der Waals surface area (Å²) in [4.78, 5) is 37.6. The van der Waals surface area contributed by atoms with E-state index in [1.54, 1.807) is 40.4 Å². The Hall–Kier alpha value is -3.29. The van der Waals surface area contributed by atoms with E-state index in [9.17, 15) is 14.4 Å². The predicted molar refractivity (Wildman–Crippen MR) is 102 cm³/mol. The highest BCUT2D eigenvalue weighted by atomic mass is 16.5. The molecule has 8 nitrogen and oxygen atoms in total. The molecule has 0 aliphatic rings. The number of aromatic nitrogens is 2. The molecular weight excluding hydrogens is 350 g/mol. The van der Waals surface area contributed by atoms with Crippen LogP contribution in [0.25, 0.3) is 6.08 Å². The van der Waals surface area contributed by atoms with Crippen LogP contribution >= 0.6 is 0 Å². The molecule has 1 heterocycles. The molecule has 0 N–H and O–H groups in total. The van der Waals surface area contributed by atoms with Crippen LogP contribution in [-0.4, -0.2) is 41.2 Å². The third-order valence-corrected chi connectivity index (χ3v) is 4.12. The highest BCUT2D eigenvalue weighted by Gasteiger charge is 2.10. The Labute approximate surface area is 156 Å². The van der Waals surface area contributed by atoms with Crippen LogP contribution in [0.2, 0.25) is 0 Å². The number of carbonyl (C=O) groups excluding carboxylic acids is 1. The van der Waals surface area contributed by atoms with Crippen molar-refractivity contribution < 1.29 is 14.3 Å².